The Labute approximate surface area is 202 Å². The number of halogens is 6. The van der Waals surface area contributed by atoms with Crippen LogP contribution in [0.15, 0.2) is 24.3 Å². The van der Waals surface area contributed by atoms with E-state index in [1.54, 1.807) is 0 Å². The van der Waals surface area contributed by atoms with Gasteiger partial charge in [-0.2, -0.15) is 0 Å². The Balaban J connectivity index is 3.89. The van der Waals surface area contributed by atoms with Gasteiger partial charge in [0, 0.05) is 0 Å². The minimum atomic E-state index is -5.90. The van der Waals surface area contributed by atoms with Crippen molar-refractivity contribution < 1.29 is 30.9 Å². The Kier molecular flexibility index (Phi) is 11.4. The Morgan fingerprint density at radius 1 is 0.676 bits per heavy atom. The Hall–Kier alpha value is -0.810. The monoisotopic (exact) mass is 516 g/mol. The van der Waals surface area contributed by atoms with Gasteiger partial charge in [-0.25, -0.2) is 0 Å². The average Bonchev–Trinajstić information content (AvgIpc) is 2.78. The van der Waals surface area contributed by atoms with Gasteiger partial charge in [0.2, 0.25) is 0 Å². The molecule has 200 valence electrons. The zero-order valence-corrected chi connectivity index (χ0v) is 22.3. The van der Waals surface area contributed by atoms with Gasteiger partial charge < -0.3 is 0 Å². The Bertz CT molecular complexity index is 708. The number of benzene rings is 1. The zero-order valence-electron chi connectivity index (χ0n) is 21.4. The van der Waals surface area contributed by atoms with Crippen molar-refractivity contribution in [3.63, 3.8) is 0 Å². The van der Waals surface area contributed by atoms with Crippen molar-refractivity contribution in [1.82, 2.24) is 0 Å². The van der Waals surface area contributed by atoms with Crippen LogP contribution in [0, 0.1) is 6.92 Å². The van der Waals surface area contributed by atoms with Crippen molar-refractivity contribution in [2.45, 2.75) is 104 Å². The molecule has 1 unspecified atom stereocenters. The Morgan fingerprint density at radius 3 is 1.38 bits per heavy atom. The normalized spacial score (nSPS) is 16.1. The van der Waals surface area contributed by atoms with Crippen LogP contribution in [0.5, 0.6) is 0 Å². The number of aryl methyl sites for hydroxylation is 1. The molecule has 0 N–H and O–H groups in total. The fourth-order valence-corrected chi connectivity index (χ4v) is 11.9. The fourth-order valence-electron chi connectivity index (χ4n) is 4.83. The van der Waals surface area contributed by atoms with Gasteiger partial charge in [-0.1, -0.05) is 0 Å². The van der Waals surface area contributed by atoms with E-state index in [1.165, 1.54) is 25.1 Å². The van der Waals surface area contributed by atoms with Crippen molar-refractivity contribution in [2.75, 3.05) is 24.6 Å². The van der Waals surface area contributed by atoms with Crippen LogP contribution in [0.3, 0.4) is 0 Å². The van der Waals surface area contributed by atoms with E-state index in [4.69, 9.17) is 4.52 Å². The van der Waals surface area contributed by atoms with E-state index < -0.39 is 30.3 Å². The van der Waals surface area contributed by atoms with Crippen molar-refractivity contribution in [3.05, 3.63) is 35.4 Å². The third-order valence-electron chi connectivity index (χ3n) is 6.94. The summed E-state index contributed by atoms with van der Waals surface area (Å²) in [7, 11) is 0. The summed E-state index contributed by atoms with van der Waals surface area (Å²) in [5.74, 6) is -10.00. The van der Waals surface area contributed by atoms with Gasteiger partial charge in [0.25, 0.3) is 0 Å². The van der Waals surface area contributed by atoms with Crippen molar-refractivity contribution in [3.8, 4) is 0 Å². The van der Waals surface area contributed by atoms with Crippen LogP contribution in [-0.2, 0) is 10.4 Å². The molecule has 0 saturated heterocycles. The molecule has 1 aromatic carbocycles. The molecule has 0 aliphatic carbocycles. The molecule has 0 aromatic heterocycles. The molecule has 1 rings (SSSR count). The molecule has 0 spiro atoms. The molecule has 0 aliphatic rings. The van der Waals surface area contributed by atoms with Crippen LogP contribution in [-0.4, -0.2) is 36.7 Å². The predicted octanol–water partition coefficient (Wildman–Crippen LogP) is 10.0. The summed E-state index contributed by atoms with van der Waals surface area (Å²) < 4.78 is 96.8. The standard InChI is InChI=1S/C26H43F6OP/c1-6-10-18-34(19-11-7-2,20-12-8-3,21-13-9-4)33-25(29,26(30,31)32)24(27,28)23-17-15-14-16-22(23)5/h14-17H,6-13,18-21H2,1-5H3. The van der Waals surface area contributed by atoms with Crippen molar-refractivity contribution in [2.24, 2.45) is 0 Å². The number of alkyl halides is 6. The van der Waals surface area contributed by atoms with Crippen LogP contribution < -0.4 is 0 Å². The Morgan fingerprint density at radius 2 is 1.06 bits per heavy atom. The van der Waals surface area contributed by atoms with Crippen molar-refractivity contribution >= 4 is 6.83 Å². The van der Waals surface area contributed by atoms with Gasteiger partial charge in [-0.3, -0.25) is 0 Å². The van der Waals surface area contributed by atoms with E-state index in [0.29, 0.717) is 51.4 Å². The van der Waals surface area contributed by atoms with Gasteiger partial charge in [-0.05, 0) is 0 Å². The van der Waals surface area contributed by atoms with Gasteiger partial charge in [0.1, 0.15) is 0 Å². The molecule has 0 aliphatic heterocycles. The topological polar surface area (TPSA) is 9.23 Å². The molecule has 1 aromatic rings. The van der Waals surface area contributed by atoms with Gasteiger partial charge in [0.15, 0.2) is 0 Å². The number of rotatable bonds is 16. The predicted molar refractivity (Wildman–Crippen MR) is 132 cm³/mol. The summed E-state index contributed by atoms with van der Waals surface area (Å²) in [5.41, 5.74) is -1.09. The van der Waals surface area contributed by atoms with Gasteiger partial charge in [0.05, 0.1) is 0 Å². The van der Waals surface area contributed by atoms with Crippen LogP contribution >= 0.6 is 6.83 Å². The van der Waals surface area contributed by atoms with Crippen LogP contribution in [0.2, 0.25) is 0 Å². The second-order valence-electron chi connectivity index (χ2n) is 9.74. The van der Waals surface area contributed by atoms with E-state index in [0.717, 1.165) is 6.07 Å². The van der Waals surface area contributed by atoms with Crippen LogP contribution in [0.1, 0.15) is 90.2 Å². The fraction of sp³-hybridized carbons (Fsp3) is 0.769. The third kappa shape index (κ3) is 6.69. The van der Waals surface area contributed by atoms with Gasteiger partial charge >= 0.3 is 202 Å². The summed E-state index contributed by atoms with van der Waals surface area (Å²) in [4.78, 5) is 0. The van der Waals surface area contributed by atoms with Gasteiger partial charge in [-0.15, -0.1) is 0 Å². The number of hydrogen-bond donors (Lipinski definition) is 0. The minimum absolute atomic E-state index is 0.105. The molecule has 8 heteroatoms. The maximum absolute atomic E-state index is 16.3. The molecule has 0 bridgehead atoms. The third-order valence-corrected chi connectivity index (χ3v) is 13.5. The van der Waals surface area contributed by atoms with Crippen LogP contribution in [0.4, 0.5) is 26.3 Å². The first-order chi connectivity index (χ1) is 15.8. The SMILES string of the molecule is CCCCP(CCCC)(CCCC)(CCCC)OC(F)(C(F)(F)F)C(F)(F)c1ccccc1C. The zero-order chi connectivity index (χ0) is 26.1. The molecule has 0 radical (unpaired) electrons. The molecule has 1 atom stereocenters. The maximum atomic E-state index is 16.3. The number of unbranched alkanes of at least 4 members (excludes halogenated alkanes) is 4. The quantitative estimate of drug-likeness (QED) is 0.157. The summed E-state index contributed by atoms with van der Waals surface area (Å²) in [6.07, 6.45) is -0.135. The first-order valence-electron chi connectivity index (χ1n) is 12.7. The summed E-state index contributed by atoms with van der Waals surface area (Å²) in [6, 6.07) is 4.77. The summed E-state index contributed by atoms with van der Waals surface area (Å²) in [5, 5.41) is 0. The molecule has 34 heavy (non-hydrogen) atoms. The van der Waals surface area contributed by atoms with E-state index in [1.807, 2.05) is 27.7 Å². The average molecular weight is 517 g/mol. The molecule has 0 heterocycles. The molecule has 0 amide bonds. The summed E-state index contributed by atoms with van der Waals surface area (Å²) >= 11 is 0. The second kappa shape index (κ2) is 12.4. The van der Waals surface area contributed by atoms with Crippen molar-refractivity contribution in [1.29, 1.82) is 0 Å². The van der Waals surface area contributed by atoms with Crippen LogP contribution in [0.25, 0.3) is 0 Å². The number of hydrogen-bond acceptors (Lipinski definition) is 1. The molecule has 0 fully saturated rings. The molecular formula is C26H43F6OP. The summed E-state index contributed by atoms with van der Waals surface area (Å²) in [6.45, 7) is 4.85. The molecule has 1 nitrogen and oxygen atoms in total. The second-order valence-corrected chi connectivity index (χ2v) is 15.4. The molecular weight excluding hydrogens is 473 g/mol. The van der Waals surface area contributed by atoms with E-state index in [2.05, 4.69) is 0 Å². The first kappa shape index (κ1) is 31.2. The molecule has 0 saturated carbocycles. The van der Waals surface area contributed by atoms with E-state index in [-0.39, 0.29) is 30.2 Å². The van der Waals surface area contributed by atoms with E-state index in [9.17, 15) is 13.2 Å². The van der Waals surface area contributed by atoms with E-state index >= 15 is 13.2 Å². The first-order valence-corrected chi connectivity index (χ1v) is 15.6.